The number of fused-ring (bicyclic) bond motifs is 1. The van der Waals surface area contributed by atoms with Gasteiger partial charge in [0.25, 0.3) is 17.7 Å². The molecule has 4 amide bonds. The van der Waals surface area contributed by atoms with Gasteiger partial charge in [-0.3, -0.25) is 19.2 Å². The molecule has 2 aliphatic rings. The van der Waals surface area contributed by atoms with E-state index < -0.39 is 11.8 Å². The Balaban J connectivity index is 1.30. The van der Waals surface area contributed by atoms with Crippen LogP contribution in [-0.4, -0.2) is 49.9 Å². The molecule has 36 heavy (non-hydrogen) atoms. The molecule has 0 saturated carbocycles. The van der Waals surface area contributed by atoms with Crippen LogP contribution in [0.25, 0.3) is 0 Å². The number of carbonyl (C=O) groups is 4. The predicted molar refractivity (Wildman–Crippen MR) is 136 cm³/mol. The third-order valence-electron chi connectivity index (χ3n) is 6.10. The number of imide groups is 1. The third kappa shape index (κ3) is 4.56. The van der Waals surface area contributed by atoms with Crippen molar-refractivity contribution in [2.24, 2.45) is 0 Å². The first-order valence-electron chi connectivity index (χ1n) is 11.6. The largest absolute Gasteiger partial charge is 0.378 e. The Hall–Kier alpha value is -4.50. The minimum absolute atomic E-state index is 0.168. The Kier molecular flexibility index (Phi) is 6.22. The lowest BCUT2D eigenvalue weighted by Gasteiger charge is -2.28. The minimum Gasteiger partial charge on any atom is -0.378 e. The number of carbonyl (C=O) groups excluding carboxylic acids is 4. The van der Waals surface area contributed by atoms with Crippen LogP contribution in [0, 0.1) is 0 Å². The maximum Gasteiger partial charge on any atom is 0.266 e. The van der Waals surface area contributed by atoms with Crippen LogP contribution in [0.2, 0.25) is 0 Å². The normalized spacial score (nSPS) is 15.0. The van der Waals surface area contributed by atoms with Crippen LogP contribution in [0.3, 0.4) is 0 Å². The lowest BCUT2D eigenvalue weighted by Crippen LogP contribution is -2.36. The van der Waals surface area contributed by atoms with Crippen LogP contribution >= 0.6 is 0 Å². The summed E-state index contributed by atoms with van der Waals surface area (Å²) in [4.78, 5) is 53.4. The highest BCUT2D eigenvalue weighted by Gasteiger charge is 2.37. The van der Waals surface area contributed by atoms with Gasteiger partial charge in [0.15, 0.2) is 0 Å². The van der Waals surface area contributed by atoms with E-state index in [0.29, 0.717) is 30.3 Å². The number of nitrogens with zero attached hydrogens (tertiary/aromatic N) is 2. The van der Waals surface area contributed by atoms with Crippen LogP contribution in [0.5, 0.6) is 0 Å². The fourth-order valence-electron chi connectivity index (χ4n) is 4.29. The molecule has 9 heteroatoms. The first-order valence-corrected chi connectivity index (χ1v) is 11.6. The molecular weight excluding hydrogens is 460 g/mol. The summed E-state index contributed by atoms with van der Waals surface area (Å²) in [5.74, 6) is -1.57. The summed E-state index contributed by atoms with van der Waals surface area (Å²) in [7, 11) is 0. The van der Waals surface area contributed by atoms with Crippen molar-refractivity contribution in [2.45, 2.75) is 6.92 Å². The molecule has 0 aromatic heterocycles. The Bertz CT molecular complexity index is 1350. The Morgan fingerprint density at radius 2 is 1.33 bits per heavy atom. The molecule has 3 aromatic carbocycles. The molecule has 0 bridgehead atoms. The van der Waals surface area contributed by atoms with Crippen molar-refractivity contribution in [3.05, 3.63) is 83.4 Å². The lowest BCUT2D eigenvalue weighted by molar-refractivity contribution is -0.114. The van der Waals surface area contributed by atoms with E-state index in [1.165, 1.54) is 25.1 Å². The van der Waals surface area contributed by atoms with Crippen molar-refractivity contribution < 1.29 is 23.9 Å². The van der Waals surface area contributed by atoms with E-state index in [1.54, 1.807) is 24.3 Å². The third-order valence-corrected chi connectivity index (χ3v) is 6.10. The number of hydrogen-bond donors (Lipinski definition) is 2. The Morgan fingerprint density at radius 3 is 1.97 bits per heavy atom. The molecule has 3 aromatic rings. The van der Waals surface area contributed by atoms with E-state index >= 15 is 0 Å². The second kappa shape index (κ2) is 9.63. The maximum absolute atomic E-state index is 13.1. The zero-order valence-corrected chi connectivity index (χ0v) is 19.6. The van der Waals surface area contributed by atoms with Gasteiger partial charge in [0, 0.05) is 42.6 Å². The summed E-state index contributed by atoms with van der Waals surface area (Å²) < 4.78 is 5.38. The van der Waals surface area contributed by atoms with Crippen molar-refractivity contribution >= 4 is 46.4 Å². The van der Waals surface area contributed by atoms with Gasteiger partial charge < -0.3 is 20.3 Å². The number of amides is 4. The highest BCUT2D eigenvalue weighted by Crippen LogP contribution is 2.30. The molecule has 2 heterocycles. The highest BCUT2D eigenvalue weighted by molar-refractivity contribution is 6.34. The topological polar surface area (TPSA) is 108 Å². The standard InChI is InChI=1S/C27H24N4O5/c1-17(32)28-19-5-9-22(10-6-19)31-26(34)23-11-2-18(16-24(23)27(31)35)25(33)29-20-3-7-21(8-4-20)30-12-14-36-15-13-30/h2-11,16H,12-15H2,1H3,(H,28,32)(H,29,33). The zero-order valence-electron chi connectivity index (χ0n) is 19.6. The van der Waals surface area contributed by atoms with Gasteiger partial charge in [0.2, 0.25) is 5.91 Å². The van der Waals surface area contributed by atoms with Crippen molar-refractivity contribution in [3.63, 3.8) is 0 Å². The van der Waals surface area contributed by atoms with Gasteiger partial charge in [0.05, 0.1) is 30.0 Å². The first-order chi connectivity index (χ1) is 17.4. The number of rotatable bonds is 5. The first kappa shape index (κ1) is 23.3. The highest BCUT2D eigenvalue weighted by atomic mass is 16.5. The summed E-state index contributed by atoms with van der Waals surface area (Å²) in [6.07, 6.45) is 0. The molecule has 5 rings (SSSR count). The maximum atomic E-state index is 13.1. The van der Waals surface area contributed by atoms with Crippen molar-refractivity contribution in [2.75, 3.05) is 46.7 Å². The van der Waals surface area contributed by atoms with Crippen LogP contribution in [0.4, 0.5) is 22.7 Å². The van der Waals surface area contributed by atoms with Crippen LogP contribution in [-0.2, 0) is 9.53 Å². The molecule has 0 atom stereocenters. The lowest BCUT2D eigenvalue weighted by atomic mass is 10.1. The average molecular weight is 485 g/mol. The van der Waals surface area contributed by atoms with Gasteiger partial charge in [-0.15, -0.1) is 0 Å². The molecule has 0 radical (unpaired) electrons. The molecule has 182 valence electrons. The molecular formula is C27H24N4O5. The monoisotopic (exact) mass is 484 g/mol. The molecule has 1 fully saturated rings. The number of morpholine rings is 1. The van der Waals surface area contributed by atoms with E-state index in [4.69, 9.17) is 4.74 Å². The van der Waals surface area contributed by atoms with E-state index in [2.05, 4.69) is 15.5 Å². The summed E-state index contributed by atoms with van der Waals surface area (Å²) in [6, 6.07) is 18.4. The molecule has 9 nitrogen and oxygen atoms in total. The fourth-order valence-corrected chi connectivity index (χ4v) is 4.29. The molecule has 2 aliphatic heterocycles. The molecule has 2 N–H and O–H groups in total. The molecule has 1 saturated heterocycles. The molecule has 0 aliphatic carbocycles. The van der Waals surface area contributed by atoms with Gasteiger partial charge in [-0.05, 0) is 66.7 Å². The summed E-state index contributed by atoms with van der Waals surface area (Å²) in [5, 5.41) is 5.49. The summed E-state index contributed by atoms with van der Waals surface area (Å²) >= 11 is 0. The number of nitrogens with one attached hydrogen (secondary N) is 2. The summed E-state index contributed by atoms with van der Waals surface area (Å²) in [6.45, 7) is 4.43. The number of benzene rings is 3. The second-order valence-electron chi connectivity index (χ2n) is 8.53. The van der Waals surface area contributed by atoms with E-state index in [1.807, 2.05) is 24.3 Å². The van der Waals surface area contributed by atoms with Crippen LogP contribution < -0.4 is 20.4 Å². The molecule has 0 unspecified atom stereocenters. The quantitative estimate of drug-likeness (QED) is 0.537. The van der Waals surface area contributed by atoms with E-state index in [9.17, 15) is 19.2 Å². The smallest absolute Gasteiger partial charge is 0.266 e. The second-order valence-corrected chi connectivity index (χ2v) is 8.53. The number of anilines is 4. The van der Waals surface area contributed by atoms with E-state index in [0.717, 1.165) is 23.7 Å². The van der Waals surface area contributed by atoms with Crippen molar-refractivity contribution in [1.82, 2.24) is 0 Å². The van der Waals surface area contributed by atoms with Gasteiger partial charge in [-0.25, -0.2) is 4.90 Å². The molecule has 0 spiro atoms. The number of hydrogen-bond acceptors (Lipinski definition) is 6. The van der Waals surface area contributed by atoms with Crippen LogP contribution in [0.1, 0.15) is 38.0 Å². The van der Waals surface area contributed by atoms with Crippen molar-refractivity contribution in [3.8, 4) is 0 Å². The average Bonchev–Trinajstić information content (AvgIpc) is 3.14. The minimum atomic E-state index is -0.508. The van der Waals surface area contributed by atoms with Gasteiger partial charge in [-0.2, -0.15) is 0 Å². The summed E-state index contributed by atoms with van der Waals surface area (Å²) in [5.41, 5.74) is 3.29. The Labute approximate surface area is 207 Å². The van der Waals surface area contributed by atoms with Crippen molar-refractivity contribution in [1.29, 1.82) is 0 Å². The Morgan fingerprint density at radius 1 is 0.750 bits per heavy atom. The van der Waals surface area contributed by atoms with Crippen LogP contribution in [0.15, 0.2) is 66.7 Å². The van der Waals surface area contributed by atoms with E-state index in [-0.39, 0.29) is 28.5 Å². The van der Waals surface area contributed by atoms with Gasteiger partial charge in [-0.1, -0.05) is 0 Å². The fraction of sp³-hybridized carbons (Fsp3) is 0.185. The predicted octanol–water partition coefficient (Wildman–Crippen LogP) is 3.53. The van der Waals surface area contributed by atoms with Gasteiger partial charge in [0.1, 0.15) is 0 Å². The van der Waals surface area contributed by atoms with Gasteiger partial charge >= 0.3 is 0 Å². The SMILES string of the molecule is CC(=O)Nc1ccc(N2C(=O)c3ccc(C(=O)Nc4ccc(N5CCOCC5)cc4)cc3C2=O)cc1. The number of ether oxygens (including phenoxy) is 1. The zero-order chi connectivity index (χ0) is 25.2.